The lowest BCUT2D eigenvalue weighted by molar-refractivity contribution is -0.134. The number of hydrogen-bond donors (Lipinski definition) is 1. The van der Waals surface area contributed by atoms with Gasteiger partial charge < -0.3 is 10.2 Å². The maximum Gasteiger partial charge on any atom is 0.316 e. The Labute approximate surface area is 148 Å². The van der Waals surface area contributed by atoms with Crippen molar-refractivity contribution >= 4 is 23.2 Å². The molecular formula is C21H24N2O2. The van der Waals surface area contributed by atoms with Gasteiger partial charge in [0.1, 0.15) is 0 Å². The molecule has 0 aliphatic carbocycles. The van der Waals surface area contributed by atoms with Crippen LogP contribution in [-0.2, 0) is 28.9 Å². The number of amides is 2. The van der Waals surface area contributed by atoms with Crippen molar-refractivity contribution in [2.24, 2.45) is 0 Å². The van der Waals surface area contributed by atoms with Gasteiger partial charge >= 0.3 is 11.8 Å². The van der Waals surface area contributed by atoms with Crippen LogP contribution in [0.15, 0.2) is 42.5 Å². The van der Waals surface area contributed by atoms with Crippen LogP contribution >= 0.6 is 0 Å². The molecule has 2 aromatic carbocycles. The van der Waals surface area contributed by atoms with Crippen LogP contribution in [0.25, 0.3) is 0 Å². The SMILES string of the molecule is CCc1cccc(CC)c1NC(=O)C(=O)N1CCCc2ccccc21. The van der Waals surface area contributed by atoms with Crippen LogP contribution in [0.3, 0.4) is 0 Å². The molecule has 25 heavy (non-hydrogen) atoms. The summed E-state index contributed by atoms with van der Waals surface area (Å²) in [5.41, 5.74) is 4.88. The number of nitrogens with zero attached hydrogens (tertiary/aromatic N) is 1. The number of anilines is 2. The summed E-state index contributed by atoms with van der Waals surface area (Å²) in [5.74, 6) is -1.05. The van der Waals surface area contributed by atoms with Gasteiger partial charge in [-0.05, 0) is 48.4 Å². The molecule has 0 saturated heterocycles. The van der Waals surface area contributed by atoms with E-state index in [9.17, 15) is 9.59 Å². The highest BCUT2D eigenvalue weighted by molar-refractivity contribution is 6.44. The molecule has 3 rings (SSSR count). The summed E-state index contributed by atoms with van der Waals surface area (Å²) < 4.78 is 0. The number of nitrogens with one attached hydrogen (secondary N) is 1. The average Bonchev–Trinajstić information content (AvgIpc) is 2.67. The molecular weight excluding hydrogens is 312 g/mol. The molecule has 4 nitrogen and oxygen atoms in total. The van der Waals surface area contributed by atoms with Gasteiger partial charge in [-0.25, -0.2) is 0 Å². The van der Waals surface area contributed by atoms with E-state index in [0.717, 1.165) is 53.7 Å². The number of benzene rings is 2. The average molecular weight is 336 g/mol. The van der Waals surface area contributed by atoms with Gasteiger partial charge in [0.05, 0.1) is 0 Å². The van der Waals surface area contributed by atoms with Gasteiger partial charge in [-0.2, -0.15) is 0 Å². The van der Waals surface area contributed by atoms with E-state index >= 15 is 0 Å². The van der Waals surface area contributed by atoms with E-state index < -0.39 is 11.8 Å². The molecule has 1 aliphatic heterocycles. The van der Waals surface area contributed by atoms with Crippen LogP contribution in [-0.4, -0.2) is 18.4 Å². The van der Waals surface area contributed by atoms with Gasteiger partial charge in [0.25, 0.3) is 0 Å². The van der Waals surface area contributed by atoms with Crippen molar-refractivity contribution in [2.75, 3.05) is 16.8 Å². The van der Waals surface area contributed by atoms with Crippen LogP contribution in [0, 0.1) is 0 Å². The molecule has 0 bridgehead atoms. The third-order valence-corrected chi connectivity index (χ3v) is 4.79. The van der Waals surface area contributed by atoms with Crippen molar-refractivity contribution in [3.8, 4) is 0 Å². The van der Waals surface area contributed by atoms with Gasteiger partial charge in [-0.3, -0.25) is 9.59 Å². The van der Waals surface area contributed by atoms with Gasteiger partial charge in [0.15, 0.2) is 0 Å². The summed E-state index contributed by atoms with van der Waals surface area (Å²) in [6, 6.07) is 13.8. The number of carbonyl (C=O) groups is 2. The van der Waals surface area contributed by atoms with Gasteiger partial charge in [-0.15, -0.1) is 0 Å². The summed E-state index contributed by atoms with van der Waals surface area (Å²) in [5, 5.41) is 2.88. The predicted molar refractivity (Wildman–Crippen MR) is 101 cm³/mol. The zero-order chi connectivity index (χ0) is 17.8. The number of para-hydroxylation sites is 2. The fourth-order valence-corrected chi connectivity index (χ4v) is 3.44. The minimum absolute atomic E-state index is 0.486. The normalized spacial score (nSPS) is 13.3. The maximum absolute atomic E-state index is 12.8. The fraction of sp³-hybridized carbons (Fsp3) is 0.333. The van der Waals surface area contributed by atoms with E-state index in [-0.39, 0.29) is 0 Å². The third-order valence-electron chi connectivity index (χ3n) is 4.79. The number of hydrogen-bond acceptors (Lipinski definition) is 2. The maximum atomic E-state index is 12.8. The first-order valence-electron chi connectivity index (χ1n) is 8.97. The van der Waals surface area contributed by atoms with Gasteiger partial charge in [-0.1, -0.05) is 50.2 Å². The molecule has 0 unspecified atom stereocenters. The second-order valence-corrected chi connectivity index (χ2v) is 6.30. The summed E-state index contributed by atoms with van der Waals surface area (Å²) in [7, 11) is 0. The Morgan fingerprint density at radius 2 is 1.68 bits per heavy atom. The lowest BCUT2D eigenvalue weighted by atomic mass is 10.0. The Hall–Kier alpha value is -2.62. The molecule has 0 spiro atoms. The Morgan fingerprint density at radius 1 is 1.00 bits per heavy atom. The molecule has 2 amide bonds. The highest BCUT2D eigenvalue weighted by atomic mass is 16.2. The van der Waals surface area contributed by atoms with Crippen molar-refractivity contribution in [1.82, 2.24) is 0 Å². The minimum atomic E-state index is -0.563. The summed E-state index contributed by atoms with van der Waals surface area (Å²) >= 11 is 0. The third kappa shape index (κ3) is 3.43. The van der Waals surface area contributed by atoms with Crippen LogP contribution in [0.4, 0.5) is 11.4 Å². The van der Waals surface area contributed by atoms with Crippen molar-refractivity contribution in [3.05, 3.63) is 59.2 Å². The van der Waals surface area contributed by atoms with E-state index in [0.29, 0.717) is 6.54 Å². The molecule has 0 aromatic heterocycles. The first kappa shape index (κ1) is 17.2. The quantitative estimate of drug-likeness (QED) is 0.868. The Kier molecular flexibility index (Phi) is 5.17. The molecule has 1 N–H and O–H groups in total. The first-order valence-corrected chi connectivity index (χ1v) is 8.97. The topological polar surface area (TPSA) is 49.4 Å². The monoisotopic (exact) mass is 336 g/mol. The number of fused-ring (bicyclic) bond motifs is 1. The molecule has 1 heterocycles. The molecule has 0 saturated carbocycles. The molecule has 0 atom stereocenters. The van der Waals surface area contributed by atoms with Gasteiger partial charge in [0.2, 0.25) is 0 Å². The van der Waals surface area contributed by atoms with Crippen molar-refractivity contribution < 1.29 is 9.59 Å². The zero-order valence-corrected chi connectivity index (χ0v) is 14.8. The van der Waals surface area contributed by atoms with Crippen LogP contribution < -0.4 is 10.2 Å². The summed E-state index contributed by atoms with van der Waals surface area (Å²) in [6.07, 6.45) is 3.44. The second-order valence-electron chi connectivity index (χ2n) is 6.30. The lowest BCUT2D eigenvalue weighted by Gasteiger charge is -2.29. The zero-order valence-electron chi connectivity index (χ0n) is 14.8. The fourth-order valence-electron chi connectivity index (χ4n) is 3.44. The minimum Gasteiger partial charge on any atom is -0.317 e. The summed E-state index contributed by atoms with van der Waals surface area (Å²) in [6.45, 7) is 4.68. The smallest absolute Gasteiger partial charge is 0.316 e. The molecule has 2 aromatic rings. The molecule has 0 radical (unpaired) electrons. The summed E-state index contributed by atoms with van der Waals surface area (Å²) in [4.78, 5) is 27.0. The van der Waals surface area contributed by atoms with Crippen molar-refractivity contribution in [3.63, 3.8) is 0 Å². The Balaban J connectivity index is 1.85. The molecule has 1 aliphatic rings. The Morgan fingerprint density at radius 3 is 2.36 bits per heavy atom. The predicted octanol–water partition coefficient (Wildman–Crippen LogP) is 3.73. The van der Waals surface area contributed by atoms with E-state index in [1.54, 1.807) is 4.90 Å². The van der Waals surface area contributed by atoms with Crippen molar-refractivity contribution in [1.29, 1.82) is 0 Å². The van der Waals surface area contributed by atoms with Crippen LogP contribution in [0.2, 0.25) is 0 Å². The number of aryl methyl sites for hydroxylation is 3. The first-order chi connectivity index (χ1) is 12.2. The van der Waals surface area contributed by atoms with Crippen LogP contribution in [0.1, 0.15) is 37.0 Å². The largest absolute Gasteiger partial charge is 0.317 e. The second kappa shape index (κ2) is 7.51. The number of carbonyl (C=O) groups excluding carboxylic acids is 2. The van der Waals surface area contributed by atoms with Crippen molar-refractivity contribution in [2.45, 2.75) is 39.5 Å². The Bertz CT molecular complexity index is 776. The standard InChI is InChI=1S/C21H24N2O2/c1-3-15-10-7-11-16(4-2)19(15)22-20(24)21(25)23-14-8-12-17-9-5-6-13-18(17)23/h5-7,9-11,13H,3-4,8,12,14H2,1-2H3,(H,22,24). The van der Waals surface area contributed by atoms with Gasteiger partial charge in [0, 0.05) is 17.9 Å². The lowest BCUT2D eigenvalue weighted by Crippen LogP contribution is -2.42. The molecule has 0 fully saturated rings. The highest BCUT2D eigenvalue weighted by Gasteiger charge is 2.27. The molecule has 4 heteroatoms. The van der Waals surface area contributed by atoms with E-state index in [1.165, 1.54) is 0 Å². The van der Waals surface area contributed by atoms with E-state index in [4.69, 9.17) is 0 Å². The van der Waals surface area contributed by atoms with E-state index in [2.05, 4.69) is 5.32 Å². The van der Waals surface area contributed by atoms with Crippen LogP contribution in [0.5, 0.6) is 0 Å². The van der Waals surface area contributed by atoms with E-state index in [1.807, 2.05) is 56.3 Å². The highest BCUT2D eigenvalue weighted by Crippen LogP contribution is 2.27. The molecule has 130 valence electrons. The number of rotatable bonds is 3.